The van der Waals surface area contributed by atoms with Crippen molar-refractivity contribution in [2.45, 2.75) is 11.8 Å². The number of hydrogen-bond donors (Lipinski definition) is 1. The van der Waals surface area contributed by atoms with Crippen molar-refractivity contribution in [3.8, 4) is 0 Å². The van der Waals surface area contributed by atoms with Gasteiger partial charge in [0, 0.05) is 5.56 Å². The molecule has 5 heteroatoms. The van der Waals surface area contributed by atoms with E-state index in [-0.39, 0.29) is 4.90 Å². The van der Waals surface area contributed by atoms with Gasteiger partial charge in [-0.15, -0.1) is 0 Å². The van der Waals surface area contributed by atoms with Crippen LogP contribution in [-0.2, 0) is 10.0 Å². The van der Waals surface area contributed by atoms with Crippen molar-refractivity contribution < 1.29 is 13.2 Å². The number of aryl methyl sites for hydroxylation is 1. The highest BCUT2D eigenvalue weighted by atomic mass is 32.2. The van der Waals surface area contributed by atoms with Crippen LogP contribution in [0.2, 0.25) is 0 Å². The van der Waals surface area contributed by atoms with E-state index in [0.717, 1.165) is 11.1 Å². The first kappa shape index (κ1) is 15.0. The van der Waals surface area contributed by atoms with Crippen LogP contribution in [0.15, 0.2) is 60.0 Å². The zero-order valence-corrected chi connectivity index (χ0v) is 12.4. The number of sulfonamides is 1. The zero-order valence-electron chi connectivity index (χ0n) is 11.5. The van der Waals surface area contributed by atoms with Crippen molar-refractivity contribution in [3.63, 3.8) is 0 Å². The highest BCUT2D eigenvalue weighted by Crippen LogP contribution is 2.12. The van der Waals surface area contributed by atoms with E-state index in [2.05, 4.69) is 11.3 Å². The second kappa shape index (κ2) is 5.93. The molecule has 0 aliphatic carbocycles. The van der Waals surface area contributed by atoms with Crippen LogP contribution in [0.3, 0.4) is 0 Å². The average Bonchev–Trinajstić information content (AvgIpc) is 2.47. The molecule has 21 heavy (non-hydrogen) atoms. The Bertz CT molecular complexity index is 760. The van der Waals surface area contributed by atoms with Crippen molar-refractivity contribution >= 4 is 22.0 Å². The van der Waals surface area contributed by atoms with Crippen molar-refractivity contribution in [2.24, 2.45) is 0 Å². The topological polar surface area (TPSA) is 63.2 Å². The molecule has 1 amide bonds. The molecule has 0 bridgehead atoms. The summed E-state index contributed by atoms with van der Waals surface area (Å²) in [4.78, 5) is 12.0. The third-order valence-electron chi connectivity index (χ3n) is 2.97. The maximum atomic E-state index is 12.1. The van der Waals surface area contributed by atoms with Crippen LogP contribution in [0.4, 0.5) is 0 Å². The predicted octanol–water partition coefficient (Wildman–Crippen LogP) is 2.76. The van der Waals surface area contributed by atoms with Crippen LogP contribution in [0.5, 0.6) is 0 Å². The second-order valence-electron chi connectivity index (χ2n) is 4.57. The van der Waals surface area contributed by atoms with E-state index >= 15 is 0 Å². The minimum atomic E-state index is -3.88. The van der Waals surface area contributed by atoms with Gasteiger partial charge in [-0.2, -0.15) is 0 Å². The highest BCUT2D eigenvalue weighted by molar-refractivity contribution is 7.90. The largest absolute Gasteiger partial charge is 0.268 e. The zero-order chi connectivity index (χ0) is 15.5. The molecule has 2 aromatic carbocycles. The van der Waals surface area contributed by atoms with Crippen molar-refractivity contribution in [2.75, 3.05) is 0 Å². The van der Waals surface area contributed by atoms with Gasteiger partial charge in [0.1, 0.15) is 0 Å². The predicted molar refractivity (Wildman–Crippen MR) is 82.4 cm³/mol. The van der Waals surface area contributed by atoms with Gasteiger partial charge in [0.25, 0.3) is 15.9 Å². The van der Waals surface area contributed by atoms with Crippen LogP contribution in [0.25, 0.3) is 6.08 Å². The Morgan fingerprint density at radius 1 is 1.05 bits per heavy atom. The van der Waals surface area contributed by atoms with Gasteiger partial charge in [-0.05, 0) is 36.8 Å². The number of carbonyl (C=O) groups is 1. The first-order valence-electron chi connectivity index (χ1n) is 6.29. The summed E-state index contributed by atoms with van der Waals surface area (Å²) in [5.41, 5.74) is 2.10. The normalized spacial score (nSPS) is 10.9. The van der Waals surface area contributed by atoms with Gasteiger partial charge in [-0.1, -0.05) is 42.5 Å². The standard InChI is InChI=1S/C16H15NO3S/c1-3-13-6-10-15(11-7-13)21(19,20)17-16(18)14-8-4-12(2)5-9-14/h3-11H,1H2,2H3,(H,17,18). The molecule has 0 atom stereocenters. The third-order valence-corrected chi connectivity index (χ3v) is 4.31. The lowest BCUT2D eigenvalue weighted by molar-refractivity contribution is 0.0981. The van der Waals surface area contributed by atoms with Gasteiger partial charge in [0.05, 0.1) is 4.90 Å². The van der Waals surface area contributed by atoms with Crippen LogP contribution in [-0.4, -0.2) is 14.3 Å². The molecule has 0 aromatic heterocycles. The summed E-state index contributed by atoms with van der Waals surface area (Å²) in [6.07, 6.45) is 1.61. The summed E-state index contributed by atoms with van der Waals surface area (Å²) in [6, 6.07) is 12.8. The Morgan fingerprint density at radius 3 is 2.14 bits per heavy atom. The molecule has 4 nitrogen and oxygen atoms in total. The molecule has 0 fully saturated rings. The Labute approximate surface area is 124 Å². The van der Waals surface area contributed by atoms with Crippen molar-refractivity contribution in [1.29, 1.82) is 0 Å². The fraction of sp³-hybridized carbons (Fsp3) is 0.0625. The maximum absolute atomic E-state index is 12.1. The van der Waals surface area contributed by atoms with Crippen LogP contribution in [0.1, 0.15) is 21.5 Å². The first-order chi connectivity index (χ1) is 9.92. The van der Waals surface area contributed by atoms with Crippen LogP contribution in [0, 0.1) is 6.92 Å². The number of amides is 1. The number of nitrogens with one attached hydrogen (secondary N) is 1. The lowest BCUT2D eigenvalue weighted by Gasteiger charge is -2.07. The highest BCUT2D eigenvalue weighted by Gasteiger charge is 2.18. The summed E-state index contributed by atoms with van der Waals surface area (Å²) in [6.45, 7) is 5.49. The molecule has 0 saturated heterocycles. The van der Waals surface area contributed by atoms with Crippen molar-refractivity contribution in [1.82, 2.24) is 4.72 Å². The van der Waals surface area contributed by atoms with Gasteiger partial charge in [0.15, 0.2) is 0 Å². The van der Waals surface area contributed by atoms with Gasteiger partial charge in [-0.3, -0.25) is 4.79 Å². The van der Waals surface area contributed by atoms with Crippen LogP contribution < -0.4 is 4.72 Å². The van der Waals surface area contributed by atoms with E-state index in [1.165, 1.54) is 12.1 Å². The number of carbonyl (C=O) groups excluding carboxylic acids is 1. The molecule has 0 saturated carbocycles. The van der Waals surface area contributed by atoms with Gasteiger partial charge in [-0.25, -0.2) is 13.1 Å². The molecule has 108 valence electrons. The molecule has 0 aliphatic heterocycles. The minimum absolute atomic E-state index is 0.0357. The molecular weight excluding hydrogens is 286 g/mol. The maximum Gasteiger partial charge on any atom is 0.264 e. The van der Waals surface area contributed by atoms with E-state index in [1.807, 2.05) is 6.92 Å². The summed E-state index contributed by atoms with van der Waals surface area (Å²) < 4.78 is 26.3. The summed E-state index contributed by atoms with van der Waals surface area (Å²) in [5, 5.41) is 0. The number of rotatable bonds is 4. The fourth-order valence-electron chi connectivity index (χ4n) is 1.73. The Morgan fingerprint density at radius 2 is 1.62 bits per heavy atom. The van der Waals surface area contributed by atoms with E-state index in [9.17, 15) is 13.2 Å². The summed E-state index contributed by atoms with van der Waals surface area (Å²) in [7, 11) is -3.88. The SMILES string of the molecule is C=Cc1ccc(S(=O)(=O)NC(=O)c2ccc(C)cc2)cc1. The molecule has 0 spiro atoms. The molecule has 1 N–H and O–H groups in total. The second-order valence-corrected chi connectivity index (χ2v) is 6.26. The number of hydrogen-bond acceptors (Lipinski definition) is 3. The smallest absolute Gasteiger partial charge is 0.264 e. The number of benzene rings is 2. The molecule has 2 rings (SSSR count). The van der Waals surface area contributed by atoms with Crippen LogP contribution >= 0.6 is 0 Å². The Balaban J connectivity index is 2.21. The fourth-order valence-corrected chi connectivity index (χ4v) is 2.70. The van der Waals surface area contributed by atoms with E-state index in [4.69, 9.17) is 0 Å². The van der Waals surface area contributed by atoms with Gasteiger partial charge in [0.2, 0.25) is 0 Å². The minimum Gasteiger partial charge on any atom is -0.268 e. The van der Waals surface area contributed by atoms with E-state index < -0.39 is 15.9 Å². The summed E-state index contributed by atoms with van der Waals surface area (Å²) >= 11 is 0. The molecule has 2 aromatic rings. The lowest BCUT2D eigenvalue weighted by Crippen LogP contribution is -2.30. The van der Waals surface area contributed by atoms with E-state index in [0.29, 0.717) is 5.56 Å². The molecule has 0 unspecified atom stereocenters. The van der Waals surface area contributed by atoms with Crippen molar-refractivity contribution in [3.05, 3.63) is 71.8 Å². The quantitative estimate of drug-likeness (QED) is 0.944. The van der Waals surface area contributed by atoms with Gasteiger partial charge < -0.3 is 0 Å². The first-order valence-corrected chi connectivity index (χ1v) is 7.77. The summed E-state index contributed by atoms with van der Waals surface area (Å²) in [5.74, 6) is -0.650. The Hall–Kier alpha value is -2.40. The molecule has 0 radical (unpaired) electrons. The average molecular weight is 301 g/mol. The van der Waals surface area contributed by atoms with Gasteiger partial charge >= 0.3 is 0 Å². The molecule has 0 aliphatic rings. The third kappa shape index (κ3) is 3.58. The Kier molecular flexibility index (Phi) is 4.23. The lowest BCUT2D eigenvalue weighted by atomic mass is 10.1. The molecule has 0 heterocycles. The van der Waals surface area contributed by atoms with E-state index in [1.54, 1.807) is 42.5 Å². The molecular formula is C16H15NO3S. The monoisotopic (exact) mass is 301 g/mol.